The van der Waals surface area contributed by atoms with E-state index in [2.05, 4.69) is 13.8 Å². The predicted octanol–water partition coefficient (Wildman–Crippen LogP) is 2.30. The van der Waals surface area contributed by atoms with Crippen LogP contribution in [-0.4, -0.2) is 60.5 Å². The normalized spacial score (nSPS) is 32.2. The first kappa shape index (κ1) is 17.7. The van der Waals surface area contributed by atoms with Crippen molar-refractivity contribution in [1.29, 1.82) is 0 Å². The smallest absolute Gasteiger partial charge is 0.227 e. The van der Waals surface area contributed by atoms with Crippen LogP contribution in [0.15, 0.2) is 0 Å². The maximum absolute atomic E-state index is 13.0. The van der Waals surface area contributed by atoms with Crippen LogP contribution >= 0.6 is 0 Å². The van der Waals surface area contributed by atoms with Gasteiger partial charge in [0, 0.05) is 44.1 Å². The fourth-order valence-corrected chi connectivity index (χ4v) is 4.41. The van der Waals surface area contributed by atoms with Crippen LogP contribution in [-0.2, 0) is 14.3 Å². The lowest BCUT2D eigenvalue weighted by Gasteiger charge is -2.55. The van der Waals surface area contributed by atoms with Gasteiger partial charge in [0.2, 0.25) is 11.8 Å². The Morgan fingerprint density at radius 2 is 1.92 bits per heavy atom. The molecule has 0 N–H and O–H groups in total. The number of hydrogen-bond donors (Lipinski definition) is 0. The molecule has 24 heavy (non-hydrogen) atoms. The van der Waals surface area contributed by atoms with Gasteiger partial charge in [-0.05, 0) is 39.0 Å². The number of carbonyl (C=O) groups excluding carboxylic acids is 2. The van der Waals surface area contributed by atoms with Crippen molar-refractivity contribution in [2.45, 2.75) is 65.0 Å². The summed E-state index contributed by atoms with van der Waals surface area (Å²) < 4.78 is 5.79. The number of amides is 2. The summed E-state index contributed by atoms with van der Waals surface area (Å²) in [7, 11) is 1.93. The fourth-order valence-electron chi connectivity index (χ4n) is 4.41. The van der Waals surface area contributed by atoms with Crippen molar-refractivity contribution in [1.82, 2.24) is 9.80 Å². The molecular formula is C19H32N2O3. The van der Waals surface area contributed by atoms with Crippen molar-refractivity contribution in [3.63, 3.8) is 0 Å². The third-order valence-electron chi connectivity index (χ3n) is 6.32. The van der Waals surface area contributed by atoms with Gasteiger partial charge in [-0.2, -0.15) is 0 Å². The number of hydrogen-bond acceptors (Lipinski definition) is 3. The van der Waals surface area contributed by atoms with Gasteiger partial charge in [-0.3, -0.25) is 9.59 Å². The van der Waals surface area contributed by atoms with Crippen molar-refractivity contribution in [2.75, 3.05) is 26.7 Å². The Kier molecular flexibility index (Phi) is 4.92. The minimum Gasteiger partial charge on any atom is -0.378 e. The van der Waals surface area contributed by atoms with E-state index in [1.54, 1.807) is 0 Å². The first-order chi connectivity index (χ1) is 11.4. The van der Waals surface area contributed by atoms with E-state index in [-0.39, 0.29) is 41.2 Å². The molecule has 0 bridgehead atoms. The highest BCUT2D eigenvalue weighted by Crippen LogP contribution is 2.46. The van der Waals surface area contributed by atoms with E-state index in [9.17, 15) is 9.59 Å². The predicted molar refractivity (Wildman–Crippen MR) is 92.4 cm³/mol. The third kappa shape index (κ3) is 3.19. The summed E-state index contributed by atoms with van der Waals surface area (Å²) in [6.45, 7) is 8.56. The molecule has 2 saturated carbocycles. The molecule has 2 aliphatic carbocycles. The maximum Gasteiger partial charge on any atom is 0.227 e. The van der Waals surface area contributed by atoms with Crippen molar-refractivity contribution in [3.05, 3.63) is 0 Å². The second-order valence-corrected chi connectivity index (χ2v) is 8.36. The molecule has 1 aliphatic heterocycles. The Morgan fingerprint density at radius 1 is 1.21 bits per heavy atom. The average Bonchev–Trinajstić information content (AvgIpc) is 3.41. The molecule has 0 aromatic heterocycles. The highest BCUT2D eigenvalue weighted by molar-refractivity contribution is 5.83. The Bertz CT molecular complexity index is 501. The van der Waals surface area contributed by atoms with Gasteiger partial charge in [0.25, 0.3) is 0 Å². The second kappa shape index (κ2) is 6.66. The zero-order valence-electron chi connectivity index (χ0n) is 15.6. The zero-order chi connectivity index (χ0) is 17.5. The largest absolute Gasteiger partial charge is 0.378 e. The summed E-state index contributed by atoms with van der Waals surface area (Å²) in [5.74, 6) is 0.689. The van der Waals surface area contributed by atoms with Gasteiger partial charge in [-0.25, -0.2) is 0 Å². The summed E-state index contributed by atoms with van der Waals surface area (Å²) in [5.41, 5.74) is -0.00138. The molecule has 5 nitrogen and oxygen atoms in total. The van der Waals surface area contributed by atoms with Crippen molar-refractivity contribution < 1.29 is 14.3 Å². The van der Waals surface area contributed by atoms with E-state index in [1.807, 2.05) is 23.8 Å². The van der Waals surface area contributed by atoms with Crippen molar-refractivity contribution in [3.8, 4) is 0 Å². The van der Waals surface area contributed by atoms with Crippen LogP contribution in [0, 0.1) is 17.3 Å². The fraction of sp³-hybridized carbons (Fsp3) is 0.895. The van der Waals surface area contributed by atoms with Gasteiger partial charge in [0.05, 0.1) is 12.0 Å². The summed E-state index contributed by atoms with van der Waals surface area (Å²) in [6.07, 6.45) is 5.06. The molecule has 0 radical (unpaired) electrons. The number of ether oxygens (including phenoxy) is 1. The number of carbonyl (C=O) groups is 2. The molecule has 3 aliphatic rings. The van der Waals surface area contributed by atoms with E-state index < -0.39 is 0 Å². The second-order valence-electron chi connectivity index (χ2n) is 8.36. The van der Waals surface area contributed by atoms with Gasteiger partial charge in [0.1, 0.15) is 0 Å². The molecule has 1 saturated heterocycles. The molecule has 3 atom stereocenters. The first-order valence-electron chi connectivity index (χ1n) is 9.53. The molecule has 1 heterocycles. The number of likely N-dealkylation sites (tertiary alicyclic amines) is 1. The summed E-state index contributed by atoms with van der Waals surface area (Å²) in [5, 5.41) is 0. The van der Waals surface area contributed by atoms with E-state index in [0.29, 0.717) is 6.54 Å². The lowest BCUT2D eigenvalue weighted by molar-refractivity contribution is -0.167. The molecular weight excluding hydrogens is 304 g/mol. The third-order valence-corrected chi connectivity index (χ3v) is 6.32. The molecule has 3 rings (SSSR count). The first-order valence-corrected chi connectivity index (χ1v) is 9.53. The topological polar surface area (TPSA) is 49.9 Å². The van der Waals surface area contributed by atoms with Gasteiger partial charge < -0.3 is 14.5 Å². The van der Waals surface area contributed by atoms with E-state index in [4.69, 9.17) is 4.74 Å². The van der Waals surface area contributed by atoms with Crippen LogP contribution in [0.4, 0.5) is 0 Å². The SMILES string of the molecule is CCOC1CC(N(C)C(=O)C2CCCN(C(=O)C3CC3)C2)C1(C)C. The van der Waals surface area contributed by atoms with Crippen LogP contribution < -0.4 is 0 Å². The molecule has 3 unspecified atom stereocenters. The van der Waals surface area contributed by atoms with Gasteiger partial charge in [-0.15, -0.1) is 0 Å². The number of rotatable bonds is 5. The van der Waals surface area contributed by atoms with Crippen LogP contribution in [0.5, 0.6) is 0 Å². The Hall–Kier alpha value is -1.10. The van der Waals surface area contributed by atoms with Gasteiger partial charge >= 0.3 is 0 Å². The minimum absolute atomic E-state index is 0.00138. The van der Waals surface area contributed by atoms with E-state index >= 15 is 0 Å². The monoisotopic (exact) mass is 336 g/mol. The van der Waals surface area contributed by atoms with Crippen molar-refractivity contribution in [2.24, 2.45) is 17.3 Å². The highest BCUT2D eigenvalue weighted by Gasteiger charge is 2.52. The number of nitrogens with zero attached hydrogens (tertiary/aromatic N) is 2. The van der Waals surface area contributed by atoms with Gasteiger partial charge in [-0.1, -0.05) is 13.8 Å². The molecule has 2 amide bonds. The lowest BCUT2D eigenvalue weighted by Crippen LogP contribution is -2.63. The summed E-state index contributed by atoms with van der Waals surface area (Å²) in [6, 6.07) is 0.232. The Morgan fingerprint density at radius 3 is 2.50 bits per heavy atom. The molecule has 0 aromatic rings. The van der Waals surface area contributed by atoms with Crippen LogP contribution in [0.2, 0.25) is 0 Å². The molecule has 3 fully saturated rings. The lowest BCUT2D eigenvalue weighted by atomic mass is 9.63. The number of piperidine rings is 1. The molecule has 0 spiro atoms. The minimum atomic E-state index is -0.0339. The van der Waals surface area contributed by atoms with Crippen LogP contribution in [0.1, 0.15) is 52.9 Å². The standard InChI is InChI=1S/C19H32N2O3/c1-5-24-16-11-15(19(16,2)3)20(4)17(22)14-7-6-10-21(12-14)18(23)13-8-9-13/h13-16H,5-12H2,1-4H3. The quantitative estimate of drug-likeness (QED) is 0.774. The van der Waals surface area contributed by atoms with Crippen LogP contribution in [0.25, 0.3) is 0 Å². The van der Waals surface area contributed by atoms with E-state index in [0.717, 1.165) is 45.3 Å². The summed E-state index contributed by atoms with van der Waals surface area (Å²) in [4.78, 5) is 29.2. The zero-order valence-corrected chi connectivity index (χ0v) is 15.6. The molecule has 0 aromatic carbocycles. The Balaban J connectivity index is 1.58. The molecule has 136 valence electrons. The highest BCUT2D eigenvalue weighted by atomic mass is 16.5. The molecule has 5 heteroatoms. The Labute approximate surface area is 145 Å². The maximum atomic E-state index is 13.0. The average molecular weight is 336 g/mol. The van der Waals surface area contributed by atoms with Crippen molar-refractivity contribution >= 4 is 11.8 Å². The van der Waals surface area contributed by atoms with Gasteiger partial charge in [0.15, 0.2) is 0 Å². The van der Waals surface area contributed by atoms with E-state index in [1.165, 1.54) is 0 Å². The van der Waals surface area contributed by atoms with Crippen LogP contribution in [0.3, 0.4) is 0 Å². The summed E-state index contributed by atoms with van der Waals surface area (Å²) >= 11 is 0.